The van der Waals surface area contributed by atoms with Crippen LogP contribution in [0.2, 0.25) is 0 Å². The average molecular weight is 422 g/mol. The van der Waals surface area contributed by atoms with Crippen molar-refractivity contribution in [3.8, 4) is 0 Å². The van der Waals surface area contributed by atoms with E-state index < -0.39 is 0 Å². The summed E-state index contributed by atoms with van der Waals surface area (Å²) in [4.78, 5) is 0. The number of hydrogen-bond acceptors (Lipinski definition) is 0. The summed E-state index contributed by atoms with van der Waals surface area (Å²) >= 11 is 0. The lowest BCUT2D eigenvalue weighted by Crippen LogP contribution is -1.96. The van der Waals surface area contributed by atoms with Crippen LogP contribution in [-0.2, 0) is 0 Å². The Morgan fingerprint density at radius 1 is 0.579 bits per heavy atom. The van der Waals surface area contributed by atoms with Gasteiger partial charge in [-0.25, -0.2) is 0 Å². The van der Waals surface area contributed by atoms with Gasteiger partial charge in [-0.1, -0.05) is 77.8 Å². The van der Waals surface area contributed by atoms with Crippen LogP contribution in [0.5, 0.6) is 0 Å². The van der Waals surface area contributed by atoms with Gasteiger partial charge in [0, 0.05) is 0 Å². The fourth-order valence-corrected chi connectivity index (χ4v) is 4.16. The van der Waals surface area contributed by atoms with Gasteiger partial charge in [0.25, 0.3) is 0 Å². The predicted molar refractivity (Wildman–Crippen MR) is 104 cm³/mol. The maximum atomic E-state index is 2.23. The first-order valence-electron chi connectivity index (χ1n) is 6.03. The predicted octanol–water partition coefficient (Wildman–Crippen LogP) is 4.54. The highest BCUT2D eigenvalue weighted by Gasteiger charge is 1.94. The van der Waals surface area contributed by atoms with E-state index in [2.05, 4.69) is 60.7 Å². The number of hydrogen-bond donors (Lipinski definition) is 0. The highest BCUT2D eigenvalue weighted by molar-refractivity contribution is 8.93. The van der Waals surface area contributed by atoms with E-state index in [0.29, 0.717) is 0 Å². The zero-order valence-corrected chi connectivity index (χ0v) is 16.1. The van der Waals surface area contributed by atoms with E-state index in [4.69, 9.17) is 0 Å². The molecule has 0 aliphatic rings. The third-order valence-electron chi connectivity index (χ3n) is 2.56. The topological polar surface area (TPSA) is 0 Å². The van der Waals surface area contributed by atoms with Crippen molar-refractivity contribution in [3.05, 3.63) is 60.7 Å². The molecule has 2 aromatic carbocycles. The second-order valence-electron chi connectivity index (χ2n) is 3.94. The molecule has 0 heterocycles. The summed E-state index contributed by atoms with van der Waals surface area (Å²) in [5.41, 5.74) is 0. The van der Waals surface area contributed by atoms with Crippen LogP contribution in [0.1, 0.15) is 6.42 Å². The molecule has 0 amide bonds. The molecule has 0 aliphatic carbocycles. The van der Waals surface area contributed by atoms with Crippen molar-refractivity contribution in [3.63, 3.8) is 0 Å². The van der Waals surface area contributed by atoms with Gasteiger partial charge in [-0.3, -0.25) is 0 Å². The van der Waals surface area contributed by atoms with Crippen LogP contribution in [0.4, 0.5) is 0 Å². The van der Waals surface area contributed by atoms with Crippen LogP contribution in [0, 0.1) is 0 Å². The van der Waals surface area contributed by atoms with Crippen molar-refractivity contribution >= 4 is 61.7 Å². The molecule has 0 bridgehead atoms. The molecule has 2 atom stereocenters. The molecule has 0 nitrogen and oxygen atoms in total. The summed E-state index contributed by atoms with van der Waals surface area (Å²) in [6.45, 7) is 0. The van der Waals surface area contributed by atoms with Crippen molar-refractivity contribution in [1.82, 2.24) is 0 Å². The largest absolute Gasteiger partial charge is 0.114 e. The second kappa shape index (κ2) is 12.0. The van der Waals surface area contributed by atoms with E-state index in [1.807, 2.05) is 0 Å². The van der Waals surface area contributed by atoms with Gasteiger partial charge in [-0.2, -0.15) is 0 Å². The summed E-state index contributed by atoms with van der Waals surface area (Å²) in [6, 6.07) is 21.6. The molecule has 2 rings (SSSR count). The Bertz CT molecular complexity index is 379. The first-order valence-corrected chi connectivity index (χ1v) is 8.44. The lowest BCUT2D eigenvalue weighted by Gasteiger charge is -2.03. The Labute approximate surface area is 140 Å². The summed E-state index contributed by atoms with van der Waals surface area (Å²) < 4.78 is 0. The van der Waals surface area contributed by atoms with E-state index in [1.165, 1.54) is 29.4 Å². The van der Waals surface area contributed by atoms with Gasteiger partial charge in [0.05, 0.1) is 0 Å². The van der Waals surface area contributed by atoms with E-state index >= 15 is 0 Å². The molecule has 4 heteroatoms. The van der Waals surface area contributed by atoms with Crippen molar-refractivity contribution < 1.29 is 0 Å². The van der Waals surface area contributed by atoms with E-state index in [-0.39, 0.29) is 34.0 Å². The monoisotopic (exact) mass is 420 g/mol. The van der Waals surface area contributed by atoms with Crippen molar-refractivity contribution in [2.24, 2.45) is 0 Å². The van der Waals surface area contributed by atoms with Gasteiger partial charge in [-0.05, 0) is 29.4 Å². The molecule has 0 aromatic heterocycles. The molecule has 104 valence electrons. The van der Waals surface area contributed by atoms with Crippen LogP contribution in [0.3, 0.4) is 0 Å². The smallest absolute Gasteiger partial charge is 0.0271 e. The van der Waals surface area contributed by atoms with E-state index in [0.717, 1.165) is 17.2 Å². The van der Waals surface area contributed by atoms with Crippen molar-refractivity contribution in [2.45, 2.75) is 6.42 Å². The summed E-state index contributed by atoms with van der Waals surface area (Å²) in [6.07, 6.45) is 4.02. The summed E-state index contributed by atoms with van der Waals surface area (Å²) in [5, 5.41) is 2.99. The molecule has 19 heavy (non-hydrogen) atoms. The third kappa shape index (κ3) is 8.20. The fraction of sp³-hybridized carbons (Fsp3) is 0.200. The molecule has 0 N–H and O–H groups in total. The van der Waals surface area contributed by atoms with Crippen LogP contribution in [0.25, 0.3) is 0 Å². The zero-order chi connectivity index (χ0) is 11.8. The van der Waals surface area contributed by atoms with E-state index in [9.17, 15) is 0 Å². The first-order chi connectivity index (χ1) is 8.45. The van der Waals surface area contributed by atoms with Gasteiger partial charge in [0.15, 0.2) is 0 Å². The van der Waals surface area contributed by atoms with Crippen LogP contribution >= 0.6 is 51.1 Å². The lowest BCUT2D eigenvalue weighted by molar-refractivity contribution is 1.12. The molecule has 2 unspecified atom stereocenters. The first kappa shape index (κ1) is 19.3. The Morgan fingerprint density at radius 3 is 1.32 bits per heavy atom. The minimum atomic E-state index is 0. The second-order valence-corrected chi connectivity index (χ2v) is 6.80. The molecule has 0 spiro atoms. The minimum Gasteiger partial charge on any atom is -0.114 e. The lowest BCUT2D eigenvalue weighted by atomic mass is 10.4. The Morgan fingerprint density at radius 2 is 0.947 bits per heavy atom. The number of benzene rings is 2. The van der Waals surface area contributed by atoms with Crippen molar-refractivity contribution in [2.75, 3.05) is 12.3 Å². The van der Waals surface area contributed by atoms with Gasteiger partial charge in [0.1, 0.15) is 0 Å². The average Bonchev–Trinajstić information content (AvgIpc) is 2.41. The normalized spacial score (nSPS) is 10.5. The molecule has 2 aromatic rings. The Balaban J connectivity index is 0.00000162. The van der Waals surface area contributed by atoms with Gasteiger partial charge < -0.3 is 0 Å². The highest BCUT2D eigenvalue weighted by Crippen LogP contribution is 2.16. The van der Waals surface area contributed by atoms with Gasteiger partial charge in [0.2, 0.25) is 0 Å². The molecule has 0 saturated carbocycles. The highest BCUT2D eigenvalue weighted by atomic mass is 79.9. The standard InChI is InChI=1S/C15H18P2.2BrH/c1-3-8-14(9-4-1)16-12-7-13-17-15-10-5-2-6-11-15;;/h1-6,8-11,16-17H,7,12-13H2;2*1H. The molecule has 0 aliphatic heterocycles. The molecule has 0 saturated heterocycles. The quantitative estimate of drug-likeness (QED) is 0.474. The van der Waals surface area contributed by atoms with E-state index in [1.54, 1.807) is 0 Å². The molecular weight excluding hydrogens is 402 g/mol. The maximum absolute atomic E-state index is 2.23. The Kier molecular flexibility index (Phi) is 12.2. The van der Waals surface area contributed by atoms with Gasteiger partial charge in [-0.15, -0.1) is 34.0 Å². The van der Waals surface area contributed by atoms with Crippen LogP contribution in [-0.4, -0.2) is 12.3 Å². The van der Waals surface area contributed by atoms with Crippen LogP contribution < -0.4 is 10.6 Å². The Hall–Kier alpha value is 0.260. The van der Waals surface area contributed by atoms with Crippen molar-refractivity contribution in [1.29, 1.82) is 0 Å². The van der Waals surface area contributed by atoms with Gasteiger partial charge >= 0.3 is 0 Å². The third-order valence-corrected chi connectivity index (χ3v) is 5.25. The number of rotatable bonds is 6. The molecule has 0 radical (unpaired) electrons. The summed E-state index contributed by atoms with van der Waals surface area (Å²) in [7, 11) is 1.95. The minimum absolute atomic E-state index is 0. The fourth-order valence-electron chi connectivity index (χ4n) is 1.67. The number of halogens is 2. The SMILES string of the molecule is Br.Br.c1ccc(PCCCPc2ccccc2)cc1. The molecule has 0 fully saturated rings. The molecular formula is C15H20Br2P2. The summed E-state index contributed by atoms with van der Waals surface area (Å²) in [5.74, 6) is 0. The maximum Gasteiger partial charge on any atom is -0.0271 e. The van der Waals surface area contributed by atoms with Crippen LogP contribution in [0.15, 0.2) is 60.7 Å². The zero-order valence-electron chi connectivity index (χ0n) is 10.7.